The Morgan fingerprint density at radius 2 is 1.90 bits per heavy atom. The predicted molar refractivity (Wildman–Crippen MR) is 79.6 cm³/mol. The van der Waals surface area contributed by atoms with Crippen molar-refractivity contribution >= 4 is 23.2 Å². The Hall–Kier alpha value is -1.98. The van der Waals surface area contributed by atoms with Crippen LogP contribution in [0.4, 0.5) is 4.39 Å². The highest BCUT2D eigenvalue weighted by atomic mass is 35.5. The molecular weight excluding hydrogens is 314 g/mol. The van der Waals surface area contributed by atoms with Crippen molar-refractivity contribution < 1.29 is 4.39 Å². The van der Waals surface area contributed by atoms with Crippen LogP contribution in [0.5, 0.6) is 0 Å². The van der Waals surface area contributed by atoms with E-state index in [0.29, 0.717) is 22.2 Å². The van der Waals surface area contributed by atoms with Crippen molar-refractivity contribution in [1.82, 2.24) is 19.7 Å². The van der Waals surface area contributed by atoms with E-state index in [2.05, 4.69) is 15.1 Å². The van der Waals surface area contributed by atoms with Gasteiger partial charge in [0.1, 0.15) is 11.0 Å². The summed E-state index contributed by atoms with van der Waals surface area (Å²) in [6.45, 7) is 0. The van der Waals surface area contributed by atoms with E-state index in [1.807, 2.05) is 13.2 Å². The van der Waals surface area contributed by atoms with Gasteiger partial charge in [0.05, 0.1) is 16.9 Å². The van der Waals surface area contributed by atoms with Crippen molar-refractivity contribution in [2.45, 2.75) is 0 Å². The molecular formula is C14H9Cl2FN4. The highest BCUT2D eigenvalue weighted by molar-refractivity contribution is 6.31. The second kappa shape index (κ2) is 5.42. The van der Waals surface area contributed by atoms with Crippen LogP contribution in [-0.2, 0) is 7.05 Å². The van der Waals surface area contributed by atoms with Crippen LogP contribution in [0.1, 0.15) is 0 Å². The third-order valence-corrected chi connectivity index (χ3v) is 3.36. The number of hydrogen-bond acceptors (Lipinski definition) is 3. The first-order chi connectivity index (χ1) is 10.0. The van der Waals surface area contributed by atoms with E-state index in [-0.39, 0.29) is 5.02 Å². The Bertz CT molecular complexity index is 816. The maximum atomic E-state index is 13.2. The maximum Gasteiger partial charge on any atom is 0.161 e. The van der Waals surface area contributed by atoms with Crippen molar-refractivity contribution in [3.05, 3.63) is 52.7 Å². The normalized spacial score (nSPS) is 10.9. The van der Waals surface area contributed by atoms with Gasteiger partial charge in [0, 0.05) is 30.4 Å². The summed E-state index contributed by atoms with van der Waals surface area (Å²) in [5.74, 6) is -0.113. The zero-order valence-corrected chi connectivity index (χ0v) is 12.4. The van der Waals surface area contributed by atoms with Gasteiger partial charge in [0.15, 0.2) is 5.82 Å². The van der Waals surface area contributed by atoms with Crippen molar-refractivity contribution in [3.8, 4) is 22.6 Å². The highest BCUT2D eigenvalue weighted by Gasteiger charge is 2.10. The van der Waals surface area contributed by atoms with Gasteiger partial charge in [-0.2, -0.15) is 5.10 Å². The van der Waals surface area contributed by atoms with E-state index < -0.39 is 5.82 Å². The lowest BCUT2D eigenvalue weighted by Crippen LogP contribution is -1.93. The first-order valence-electron chi connectivity index (χ1n) is 6.02. The van der Waals surface area contributed by atoms with E-state index in [9.17, 15) is 4.39 Å². The minimum Gasteiger partial charge on any atom is -0.275 e. The molecule has 0 spiro atoms. The number of aryl methyl sites for hydroxylation is 1. The molecule has 0 fully saturated rings. The smallest absolute Gasteiger partial charge is 0.161 e. The Labute approximate surface area is 130 Å². The summed E-state index contributed by atoms with van der Waals surface area (Å²) in [5.41, 5.74) is 2.05. The lowest BCUT2D eigenvalue weighted by molar-refractivity contribution is 0.628. The van der Waals surface area contributed by atoms with Gasteiger partial charge in [-0.3, -0.25) is 4.68 Å². The van der Waals surface area contributed by atoms with E-state index in [1.165, 1.54) is 12.1 Å². The van der Waals surface area contributed by atoms with Crippen LogP contribution in [0.3, 0.4) is 0 Å². The molecule has 1 aromatic carbocycles. The molecule has 0 unspecified atom stereocenters. The van der Waals surface area contributed by atoms with Gasteiger partial charge in [-0.1, -0.05) is 23.2 Å². The average Bonchev–Trinajstić information content (AvgIpc) is 2.88. The molecule has 0 radical (unpaired) electrons. The highest BCUT2D eigenvalue weighted by Crippen LogP contribution is 2.26. The number of nitrogens with zero attached hydrogens (tertiary/aromatic N) is 4. The minimum atomic E-state index is -0.491. The van der Waals surface area contributed by atoms with Crippen LogP contribution in [0.2, 0.25) is 10.2 Å². The minimum absolute atomic E-state index is 0.0130. The second-order valence-corrected chi connectivity index (χ2v) is 5.23. The summed E-state index contributed by atoms with van der Waals surface area (Å²) in [6, 6.07) is 5.94. The Morgan fingerprint density at radius 3 is 2.57 bits per heavy atom. The van der Waals surface area contributed by atoms with Crippen molar-refractivity contribution in [1.29, 1.82) is 0 Å². The van der Waals surface area contributed by atoms with E-state index in [0.717, 1.165) is 5.56 Å². The summed E-state index contributed by atoms with van der Waals surface area (Å²) < 4.78 is 14.9. The third kappa shape index (κ3) is 2.89. The van der Waals surface area contributed by atoms with Crippen molar-refractivity contribution in [2.24, 2.45) is 7.05 Å². The van der Waals surface area contributed by atoms with E-state index in [4.69, 9.17) is 23.2 Å². The van der Waals surface area contributed by atoms with Gasteiger partial charge in [-0.15, -0.1) is 0 Å². The molecule has 0 saturated heterocycles. The third-order valence-electron chi connectivity index (χ3n) is 2.87. The van der Waals surface area contributed by atoms with Crippen LogP contribution in [-0.4, -0.2) is 19.7 Å². The van der Waals surface area contributed by atoms with Crippen LogP contribution < -0.4 is 0 Å². The van der Waals surface area contributed by atoms with Gasteiger partial charge in [0.2, 0.25) is 0 Å². The SMILES string of the molecule is Cn1cc(-c2cc(Cl)nc(-c3ccc(F)c(Cl)c3)n2)cn1. The molecule has 0 aliphatic heterocycles. The lowest BCUT2D eigenvalue weighted by Gasteiger charge is -2.05. The monoisotopic (exact) mass is 322 g/mol. The quantitative estimate of drug-likeness (QED) is 0.670. The average molecular weight is 323 g/mol. The Kier molecular flexibility index (Phi) is 3.61. The molecule has 0 atom stereocenters. The van der Waals surface area contributed by atoms with E-state index in [1.54, 1.807) is 23.0 Å². The first kappa shape index (κ1) is 14.0. The molecule has 0 aliphatic rings. The topological polar surface area (TPSA) is 43.6 Å². The number of hydrogen-bond donors (Lipinski definition) is 0. The Balaban J connectivity index is 2.11. The van der Waals surface area contributed by atoms with Crippen molar-refractivity contribution in [2.75, 3.05) is 0 Å². The number of aromatic nitrogens is 4. The molecule has 0 saturated carbocycles. The molecule has 21 heavy (non-hydrogen) atoms. The maximum absolute atomic E-state index is 13.2. The molecule has 0 aliphatic carbocycles. The van der Waals surface area contributed by atoms with Crippen LogP contribution in [0.15, 0.2) is 36.7 Å². The summed E-state index contributed by atoms with van der Waals surface area (Å²) >= 11 is 11.8. The lowest BCUT2D eigenvalue weighted by atomic mass is 10.2. The number of rotatable bonds is 2. The van der Waals surface area contributed by atoms with Gasteiger partial charge in [-0.05, 0) is 18.2 Å². The van der Waals surface area contributed by atoms with Gasteiger partial charge in [-0.25, -0.2) is 14.4 Å². The summed E-state index contributed by atoms with van der Waals surface area (Å²) in [5, 5.41) is 4.40. The van der Waals surface area contributed by atoms with Crippen LogP contribution in [0.25, 0.3) is 22.6 Å². The van der Waals surface area contributed by atoms with Gasteiger partial charge >= 0.3 is 0 Å². The van der Waals surface area contributed by atoms with Crippen LogP contribution >= 0.6 is 23.2 Å². The molecule has 3 aromatic rings. The molecule has 3 rings (SSSR count). The molecule has 0 N–H and O–H groups in total. The largest absolute Gasteiger partial charge is 0.275 e. The molecule has 106 valence electrons. The fraction of sp³-hybridized carbons (Fsp3) is 0.0714. The van der Waals surface area contributed by atoms with Crippen molar-refractivity contribution in [3.63, 3.8) is 0 Å². The summed E-state index contributed by atoms with van der Waals surface area (Å²) in [6.07, 6.45) is 3.50. The van der Waals surface area contributed by atoms with Gasteiger partial charge in [0.25, 0.3) is 0 Å². The zero-order chi connectivity index (χ0) is 15.0. The van der Waals surface area contributed by atoms with Crippen LogP contribution in [0, 0.1) is 5.82 Å². The summed E-state index contributed by atoms with van der Waals surface area (Å²) in [7, 11) is 1.81. The number of halogens is 3. The molecule has 2 heterocycles. The molecule has 4 nitrogen and oxygen atoms in total. The van der Waals surface area contributed by atoms with Gasteiger partial charge < -0.3 is 0 Å². The molecule has 0 bridgehead atoms. The Morgan fingerprint density at radius 1 is 1.10 bits per heavy atom. The van der Waals surface area contributed by atoms with E-state index >= 15 is 0 Å². The predicted octanol–water partition coefficient (Wildman–Crippen LogP) is 3.99. The zero-order valence-electron chi connectivity index (χ0n) is 10.9. The molecule has 2 aromatic heterocycles. The molecule has 7 heteroatoms. The first-order valence-corrected chi connectivity index (χ1v) is 6.77. The fourth-order valence-electron chi connectivity index (χ4n) is 1.88. The summed E-state index contributed by atoms with van der Waals surface area (Å²) in [4.78, 5) is 8.58. The second-order valence-electron chi connectivity index (χ2n) is 4.43. The fourth-order valence-corrected chi connectivity index (χ4v) is 2.25. The molecule has 0 amide bonds. The number of benzene rings is 1. The standard InChI is InChI=1S/C14H9Cl2FN4/c1-21-7-9(6-18-21)12-5-13(16)20-14(19-12)8-2-3-11(17)10(15)4-8/h2-7H,1H3.